The number of fused-ring (bicyclic) bond motifs is 1. The molecule has 1 N–H and O–H groups in total. The van der Waals surface area contributed by atoms with Crippen LogP contribution in [0.1, 0.15) is 47.4 Å². The van der Waals surface area contributed by atoms with Crippen LogP contribution in [0.2, 0.25) is 0 Å². The van der Waals surface area contributed by atoms with Crippen molar-refractivity contribution in [2.45, 2.75) is 45.6 Å². The largest absolute Gasteiger partial charge is 0.352 e. The van der Waals surface area contributed by atoms with Crippen LogP contribution in [0, 0.1) is 6.92 Å². The van der Waals surface area contributed by atoms with E-state index in [2.05, 4.69) is 9.88 Å². The van der Waals surface area contributed by atoms with Crippen molar-refractivity contribution in [1.82, 2.24) is 19.8 Å². The number of aromatic nitrogens is 2. The molecule has 0 spiro atoms. The zero-order valence-corrected chi connectivity index (χ0v) is 18.1. The second-order valence-corrected chi connectivity index (χ2v) is 8.27. The molecule has 1 aliphatic heterocycles. The summed E-state index contributed by atoms with van der Waals surface area (Å²) >= 11 is 0. The summed E-state index contributed by atoms with van der Waals surface area (Å²) in [5.41, 5.74) is 3.65. The molecular weight excluding hydrogens is 388 g/mol. The molecule has 2 amide bonds. The molecule has 6 heteroatoms. The highest BCUT2D eigenvalue weighted by molar-refractivity contribution is 5.94. The molecule has 4 rings (SSSR count). The van der Waals surface area contributed by atoms with Gasteiger partial charge in [0.15, 0.2) is 0 Å². The van der Waals surface area contributed by atoms with E-state index in [4.69, 9.17) is 4.98 Å². The minimum atomic E-state index is -0.0579. The first-order valence-corrected chi connectivity index (χ1v) is 11.2. The lowest BCUT2D eigenvalue weighted by Crippen LogP contribution is -2.38. The molecule has 1 saturated heterocycles. The van der Waals surface area contributed by atoms with Crippen LogP contribution >= 0.6 is 0 Å². The van der Waals surface area contributed by atoms with Crippen LogP contribution in [0.4, 0.5) is 0 Å². The summed E-state index contributed by atoms with van der Waals surface area (Å²) < 4.78 is 2.05. The monoisotopic (exact) mass is 418 g/mol. The number of rotatable bonds is 7. The average Bonchev–Trinajstić information content (AvgIpc) is 3.14. The maximum Gasteiger partial charge on any atom is 0.251 e. The molecular formula is C25H30N4O2. The summed E-state index contributed by atoms with van der Waals surface area (Å²) in [4.78, 5) is 32.0. The fourth-order valence-electron chi connectivity index (χ4n) is 4.21. The van der Waals surface area contributed by atoms with E-state index in [1.807, 2.05) is 60.4 Å². The first-order chi connectivity index (χ1) is 15.1. The van der Waals surface area contributed by atoms with Gasteiger partial charge in [-0.15, -0.1) is 0 Å². The maximum atomic E-state index is 12.9. The smallest absolute Gasteiger partial charge is 0.251 e. The van der Waals surface area contributed by atoms with Crippen molar-refractivity contribution in [3.05, 3.63) is 65.5 Å². The minimum Gasteiger partial charge on any atom is -0.352 e. The number of para-hydroxylation sites is 2. The Labute approximate surface area is 183 Å². The van der Waals surface area contributed by atoms with Crippen LogP contribution in [0.3, 0.4) is 0 Å². The van der Waals surface area contributed by atoms with Crippen LogP contribution in [0.15, 0.2) is 48.5 Å². The molecule has 0 atom stereocenters. The zero-order valence-electron chi connectivity index (χ0n) is 18.1. The van der Waals surface area contributed by atoms with Crippen LogP contribution in [0.25, 0.3) is 11.0 Å². The van der Waals surface area contributed by atoms with E-state index in [9.17, 15) is 9.59 Å². The Kier molecular flexibility index (Phi) is 6.65. The van der Waals surface area contributed by atoms with Gasteiger partial charge in [0.05, 0.1) is 11.0 Å². The number of hydrogen-bond acceptors (Lipinski definition) is 3. The van der Waals surface area contributed by atoms with Crippen molar-refractivity contribution >= 4 is 22.8 Å². The molecule has 0 radical (unpaired) electrons. The van der Waals surface area contributed by atoms with E-state index in [0.29, 0.717) is 25.1 Å². The van der Waals surface area contributed by atoms with Crippen molar-refractivity contribution in [3.8, 4) is 0 Å². The average molecular weight is 419 g/mol. The van der Waals surface area contributed by atoms with E-state index in [0.717, 1.165) is 54.8 Å². The number of aryl methyl sites for hydroxylation is 2. The van der Waals surface area contributed by atoms with Gasteiger partial charge in [-0.2, -0.15) is 0 Å². The van der Waals surface area contributed by atoms with E-state index in [-0.39, 0.29) is 11.8 Å². The maximum absolute atomic E-state index is 12.9. The summed E-state index contributed by atoms with van der Waals surface area (Å²) in [5.74, 6) is 1.01. The second-order valence-electron chi connectivity index (χ2n) is 8.27. The van der Waals surface area contributed by atoms with Crippen LogP contribution in [0.5, 0.6) is 0 Å². The van der Waals surface area contributed by atoms with E-state index < -0.39 is 0 Å². The van der Waals surface area contributed by atoms with Gasteiger partial charge in [-0.3, -0.25) is 9.59 Å². The van der Waals surface area contributed by atoms with Gasteiger partial charge in [0.25, 0.3) is 5.91 Å². The first kappa shape index (κ1) is 21.1. The molecule has 2 aromatic carbocycles. The van der Waals surface area contributed by atoms with Gasteiger partial charge in [-0.1, -0.05) is 29.8 Å². The number of likely N-dealkylation sites (tertiary alicyclic amines) is 1. The number of hydrogen-bond donors (Lipinski definition) is 1. The SMILES string of the molecule is Cc1cccc(C(=O)NCCCc2nc3ccccc3n2CC(=O)N2CCCCC2)c1. The molecule has 31 heavy (non-hydrogen) atoms. The number of nitrogens with one attached hydrogen (secondary N) is 1. The van der Waals surface area contributed by atoms with Gasteiger partial charge < -0.3 is 14.8 Å². The summed E-state index contributed by atoms with van der Waals surface area (Å²) in [7, 11) is 0. The third-order valence-electron chi connectivity index (χ3n) is 5.88. The normalized spacial score (nSPS) is 14.0. The number of imidazole rings is 1. The van der Waals surface area contributed by atoms with Crippen molar-refractivity contribution < 1.29 is 9.59 Å². The number of nitrogens with zero attached hydrogens (tertiary/aromatic N) is 3. The first-order valence-electron chi connectivity index (χ1n) is 11.2. The molecule has 1 aromatic heterocycles. The Morgan fingerprint density at radius 1 is 1.03 bits per heavy atom. The lowest BCUT2D eigenvalue weighted by Gasteiger charge is -2.27. The fourth-order valence-corrected chi connectivity index (χ4v) is 4.21. The van der Waals surface area contributed by atoms with Gasteiger partial charge in [0.1, 0.15) is 12.4 Å². The van der Waals surface area contributed by atoms with E-state index in [1.54, 1.807) is 0 Å². The topological polar surface area (TPSA) is 67.2 Å². The number of carbonyl (C=O) groups excluding carboxylic acids is 2. The molecule has 1 fully saturated rings. The molecule has 0 saturated carbocycles. The summed E-state index contributed by atoms with van der Waals surface area (Å²) in [6.07, 6.45) is 4.85. The van der Waals surface area contributed by atoms with Crippen molar-refractivity contribution in [3.63, 3.8) is 0 Å². The van der Waals surface area contributed by atoms with Crippen molar-refractivity contribution in [2.24, 2.45) is 0 Å². The van der Waals surface area contributed by atoms with Crippen LogP contribution < -0.4 is 5.32 Å². The predicted molar refractivity (Wildman–Crippen MR) is 122 cm³/mol. The summed E-state index contributed by atoms with van der Waals surface area (Å²) in [5, 5.41) is 2.99. The Hall–Kier alpha value is -3.15. The number of benzene rings is 2. The van der Waals surface area contributed by atoms with Gasteiger partial charge >= 0.3 is 0 Å². The van der Waals surface area contributed by atoms with Gasteiger partial charge in [0.2, 0.25) is 5.91 Å². The highest BCUT2D eigenvalue weighted by atomic mass is 16.2. The molecule has 3 aromatic rings. The standard InChI is InChI=1S/C25H30N4O2/c1-19-9-7-10-20(17-19)25(31)26-14-8-13-23-27-21-11-3-4-12-22(21)29(23)18-24(30)28-15-5-2-6-16-28/h3-4,7,9-12,17H,2,5-6,8,13-16,18H2,1H3,(H,26,31). The van der Waals surface area contributed by atoms with E-state index in [1.165, 1.54) is 6.42 Å². The molecule has 6 nitrogen and oxygen atoms in total. The number of piperidine rings is 1. The Balaban J connectivity index is 1.40. The van der Waals surface area contributed by atoms with Crippen molar-refractivity contribution in [2.75, 3.05) is 19.6 Å². The third-order valence-corrected chi connectivity index (χ3v) is 5.88. The fraction of sp³-hybridized carbons (Fsp3) is 0.400. The zero-order chi connectivity index (χ0) is 21.6. The number of amides is 2. The van der Waals surface area contributed by atoms with Gasteiger partial charge in [-0.25, -0.2) is 4.98 Å². The second kappa shape index (κ2) is 9.77. The Morgan fingerprint density at radius 2 is 1.84 bits per heavy atom. The Bertz CT molecular complexity index is 1070. The predicted octanol–water partition coefficient (Wildman–Crippen LogP) is 3.72. The number of carbonyl (C=O) groups is 2. The lowest BCUT2D eigenvalue weighted by atomic mass is 10.1. The van der Waals surface area contributed by atoms with Gasteiger partial charge in [0, 0.05) is 31.6 Å². The van der Waals surface area contributed by atoms with Gasteiger partial charge in [-0.05, 0) is 56.9 Å². The molecule has 162 valence electrons. The highest BCUT2D eigenvalue weighted by Crippen LogP contribution is 2.18. The molecule has 1 aliphatic rings. The van der Waals surface area contributed by atoms with Crippen molar-refractivity contribution in [1.29, 1.82) is 0 Å². The third kappa shape index (κ3) is 5.13. The quantitative estimate of drug-likeness (QED) is 0.595. The molecule has 0 unspecified atom stereocenters. The summed E-state index contributed by atoms with van der Waals surface area (Å²) in [6, 6.07) is 15.6. The summed E-state index contributed by atoms with van der Waals surface area (Å²) in [6.45, 7) is 4.57. The molecule has 2 heterocycles. The minimum absolute atomic E-state index is 0.0579. The van der Waals surface area contributed by atoms with Crippen LogP contribution in [-0.2, 0) is 17.8 Å². The lowest BCUT2D eigenvalue weighted by molar-refractivity contribution is -0.132. The highest BCUT2D eigenvalue weighted by Gasteiger charge is 2.19. The van der Waals surface area contributed by atoms with E-state index >= 15 is 0 Å². The van der Waals surface area contributed by atoms with Crippen LogP contribution in [-0.4, -0.2) is 45.9 Å². The molecule has 0 bridgehead atoms. The molecule has 0 aliphatic carbocycles. The Morgan fingerprint density at radius 3 is 2.65 bits per heavy atom.